The van der Waals surface area contributed by atoms with Gasteiger partial charge >= 0.3 is 0 Å². The number of amides is 1. The lowest BCUT2D eigenvalue weighted by Gasteiger charge is -2.02. The van der Waals surface area contributed by atoms with Crippen molar-refractivity contribution in [1.82, 2.24) is 9.78 Å². The molecule has 0 aliphatic heterocycles. The fourth-order valence-corrected chi connectivity index (χ4v) is 1.38. The summed E-state index contributed by atoms with van der Waals surface area (Å²) in [5.74, 6) is -0.883. The lowest BCUT2D eigenvalue weighted by Crippen LogP contribution is -2.13. The van der Waals surface area contributed by atoms with Crippen LogP contribution in [0.4, 0.5) is 4.39 Å². The first-order valence-electron chi connectivity index (χ1n) is 4.73. The third-order valence-electron chi connectivity index (χ3n) is 2.18. The number of carbonyl (C=O) groups is 1. The molecule has 0 saturated carbocycles. The van der Waals surface area contributed by atoms with Crippen LogP contribution in [0, 0.1) is 5.82 Å². The highest BCUT2D eigenvalue weighted by Gasteiger charge is 2.06. The van der Waals surface area contributed by atoms with Gasteiger partial charge in [0, 0.05) is 11.8 Å². The number of benzene rings is 1. The molecule has 4 nitrogen and oxygen atoms in total. The smallest absolute Gasteiger partial charge is 0.269 e. The maximum atomic E-state index is 13.3. The van der Waals surface area contributed by atoms with Crippen molar-refractivity contribution in [1.29, 1.82) is 0 Å². The molecule has 0 aliphatic carbocycles. The first kappa shape index (κ1) is 10.4. The maximum Gasteiger partial charge on any atom is 0.269 e. The molecule has 1 amide bonds. The Labute approximate surface area is 91.5 Å². The van der Waals surface area contributed by atoms with Crippen LogP contribution in [0.1, 0.15) is 16.1 Å². The van der Waals surface area contributed by atoms with E-state index in [0.29, 0.717) is 5.56 Å². The Balaban J connectivity index is 2.21. The minimum Gasteiger partial charge on any atom is -0.364 e. The zero-order valence-electron chi connectivity index (χ0n) is 8.43. The van der Waals surface area contributed by atoms with Crippen LogP contribution in [0.2, 0.25) is 0 Å². The van der Waals surface area contributed by atoms with E-state index in [9.17, 15) is 9.18 Å². The Kier molecular flexibility index (Phi) is 2.68. The number of hydrogen-bond donors (Lipinski definition) is 1. The molecule has 5 heteroatoms. The second kappa shape index (κ2) is 4.14. The first-order valence-corrected chi connectivity index (χ1v) is 4.73. The van der Waals surface area contributed by atoms with Crippen LogP contribution in [0.5, 0.6) is 0 Å². The average molecular weight is 219 g/mol. The summed E-state index contributed by atoms with van der Waals surface area (Å²) in [6.07, 6.45) is 1.59. The van der Waals surface area contributed by atoms with E-state index in [1.165, 1.54) is 16.8 Å². The lowest BCUT2D eigenvalue weighted by atomic mass is 10.2. The summed E-state index contributed by atoms with van der Waals surface area (Å²) in [5, 5.41) is 3.92. The van der Waals surface area contributed by atoms with E-state index in [0.717, 1.165) is 0 Å². The second-order valence-electron chi connectivity index (χ2n) is 3.35. The standard InChI is InChI=1S/C11H10FN3O/c12-9-4-2-1-3-8(9)7-15-6-5-10(14-15)11(13)16/h1-6H,7H2,(H2,13,16). The zero-order chi connectivity index (χ0) is 11.5. The molecule has 1 aromatic carbocycles. The van der Waals surface area contributed by atoms with Crippen molar-refractivity contribution in [3.63, 3.8) is 0 Å². The number of aromatic nitrogens is 2. The van der Waals surface area contributed by atoms with E-state index in [1.54, 1.807) is 24.4 Å². The number of hydrogen-bond acceptors (Lipinski definition) is 2. The fourth-order valence-electron chi connectivity index (χ4n) is 1.38. The molecule has 0 unspecified atom stereocenters. The van der Waals surface area contributed by atoms with Crippen molar-refractivity contribution < 1.29 is 9.18 Å². The molecule has 2 aromatic rings. The number of rotatable bonds is 3. The number of carbonyl (C=O) groups excluding carboxylic acids is 1. The van der Waals surface area contributed by atoms with Crippen molar-refractivity contribution in [2.75, 3.05) is 0 Å². The third-order valence-corrected chi connectivity index (χ3v) is 2.18. The summed E-state index contributed by atoms with van der Waals surface area (Å²) in [6.45, 7) is 0.278. The fraction of sp³-hybridized carbons (Fsp3) is 0.0909. The predicted octanol–water partition coefficient (Wildman–Crippen LogP) is 1.17. The monoisotopic (exact) mass is 219 g/mol. The summed E-state index contributed by atoms with van der Waals surface area (Å²) in [7, 11) is 0. The van der Waals surface area contributed by atoms with Crippen molar-refractivity contribution in [2.45, 2.75) is 6.54 Å². The molecule has 0 aliphatic rings. The van der Waals surface area contributed by atoms with Crippen LogP contribution in [-0.4, -0.2) is 15.7 Å². The Morgan fingerprint density at radius 2 is 2.12 bits per heavy atom. The third kappa shape index (κ3) is 2.08. The quantitative estimate of drug-likeness (QED) is 0.842. The van der Waals surface area contributed by atoms with Gasteiger partial charge in [-0.05, 0) is 12.1 Å². The minimum atomic E-state index is -0.590. The van der Waals surface area contributed by atoms with Crippen LogP contribution in [0.25, 0.3) is 0 Å². The van der Waals surface area contributed by atoms with Gasteiger partial charge < -0.3 is 5.73 Å². The summed E-state index contributed by atoms with van der Waals surface area (Å²) < 4.78 is 14.8. The molecule has 0 fully saturated rings. The van der Waals surface area contributed by atoms with Crippen LogP contribution in [0.15, 0.2) is 36.5 Å². The molecule has 0 bridgehead atoms. The SMILES string of the molecule is NC(=O)c1ccn(Cc2ccccc2F)n1. The van der Waals surface area contributed by atoms with Gasteiger partial charge in [-0.3, -0.25) is 9.48 Å². The minimum absolute atomic E-state index is 0.177. The molecular formula is C11H10FN3O. The van der Waals surface area contributed by atoms with E-state index in [1.807, 2.05) is 0 Å². The van der Waals surface area contributed by atoms with Crippen LogP contribution in [0.3, 0.4) is 0 Å². The van der Waals surface area contributed by atoms with Gasteiger partial charge in [-0.15, -0.1) is 0 Å². The molecule has 0 radical (unpaired) electrons. The summed E-state index contributed by atoms with van der Waals surface area (Å²) in [6, 6.07) is 7.92. The van der Waals surface area contributed by atoms with Gasteiger partial charge in [0.15, 0.2) is 0 Å². The average Bonchev–Trinajstić information content (AvgIpc) is 2.70. The topological polar surface area (TPSA) is 60.9 Å². The summed E-state index contributed by atoms with van der Waals surface area (Å²) in [4.78, 5) is 10.8. The molecule has 82 valence electrons. The largest absolute Gasteiger partial charge is 0.364 e. The highest BCUT2D eigenvalue weighted by molar-refractivity contribution is 5.90. The Bertz CT molecular complexity index is 521. The Morgan fingerprint density at radius 3 is 2.75 bits per heavy atom. The molecule has 16 heavy (non-hydrogen) atoms. The maximum absolute atomic E-state index is 13.3. The highest BCUT2D eigenvalue weighted by atomic mass is 19.1. The lowest BCUT2D eigenvalue weighted by molar-refractivity contribution is 0.0995. The normalized spacial score (nSPS) is 10.3. The molecule has 0 atom stereocenters. The number of nitrogens with two attached hydrogens (primary N) is 1. The van der Waals surface area contributed by atoms with E-state index in [2.05, 4.69) is 5.10 Å². The van der Waals surface area contributed by atoms with Crippen LogP contribution >= 0.6 is 0 Å². The van der Waals surface area contributed by atoms with Gasteiger partial charge in [0.1, 0.15) is 11.5 Å². The van der Waals surface area contributed by atoms with Gasteiger partial charge in [0.2, 0.25) is 0 Å². The molecule has 2 rings (SSSR count). The van der Waals surface area contributed by atoms with Gasteiger partial charge in [-0.1, -0.05) is 18.2 Å². The highest BCUT2D eigenvalue weighted by Crippen LogP contribution is 2.08. The van der Waals surface area contributed by atoms with Crippen molar-refractivity contribution >= 4 is 5.91 Å². The molecular weight excluding hydrogens is 209 g/mol. The van der Waals surface area contributed by atoms with Gasteiger partial charge in [-0.2, -0.15) is 5.10 Å². The van der Waals surface area contributed by atoms with Crippen molar-refractivity contribution in [3.8, 4) is 0 Å². The van der Waals surface area contributed by atoms with E-state index < -0.39 is 5.91 Å². The molecule has 1 aromatic heterocycles. The summed E-state index contributed by atoms with van der Waals surface area (Å²) >= 11 is 0. The van der Waals surface area contributed by atoms with E-state index in [-0.39, 0.29) is 18.1 Å². The Hall–Kier alpha value is -2.17. The van der Waals surface area contributed by atoms with Crippen molar-refractivity contribution in [2.24, 2.45) is 5.73 Å². The molecule has 2 N–H and O–H groups in total. The van der Waals surface area contributed by atoms with Crippen LogP contribution < -0.4 is 5.73 Å². The van der Waals surface area contributed by atoms with Crippen LogP contribution in [-0.2, 0) is 6.54 Å². The van der Waals surface area contributed by atoms with Gasteiger partial charge in [0.05, 0.1) is 6.54 Å². The number of halogens is 1. The molecule has 1 heterocycles. The van der Waals surface area contributed by atoms with Gasteiger partial charge in [-0.25, -0.2) is 4.39 Å². The molecule has 0 spiro atoms. The van der Waals surface area contributed by atoms with Crippen molar-refractivity contribution in [3.05, 3.63) is 53.6 Å². The van der Waals surface area contributed by atoms with E-state index in [4.69, 9.17) is 5.73 Å². The number of nitrogens with zero attached hydrogens (tertiary/aromatic N) is 2. The summed E-state index contributed by atoms with van der Waals surface area (Å²) in [5.41, 5.74) is 5.75. The second-order valence-corrected chi connectivity index (χ2v) is 3.35. The first-order chi connectivity index (χ1) is 7.66. The predicted molar refractivity (Wildman–Crippen MR) is 56.2 cm³/mol. The zero-order valence-corrected chi connectivity index (χ0v) is 8.43. The Morgan fingerprint density at radius 1 is 1.38 bits per heavy atom. The molecule has 0 saturated heterocycles. The van der Waals surface area contributed by atoms with Gasteiger partial charge in [0.25, 0.3) is 5.91 Å². The number of primary amides is 1. The van der Waals surface area contributed by atoms with E-state index >= 15 is 0 Å².